The third kappa shape index (κ3) is 4.47. The zero-order valence-electron chi connectivity index (χ0n) is 14.5. The van der Waals surface area contributed by atoms with Crippen LogP contribution in [0.3, 0.4) is 0 Å². The van der Waals surface area contributed by atoms with Crippen molar-refractivity contribution in [2.75, 3.05) is 6.54 Å². The second-order valence-corrected chi connectivity index (χ2v) is 7.96. The Labute approximate surface area is 139 Å². The summed E-state index contributed by atoms with van der Waals surface area (Å²) in [6.07, 6.45) is 3.03. The molecule has 1 aromatic rings. The maximum absolute atomic E-state index is 11.9. The highest BCUT2D eigenvalue weighted by molar-refractivity contribution is 5.68. The van der Waals surface area contributed by atoms with Gasteiger partial charge in [0, 0.05) is 25.7 Å². The monoisotopic (exact) mass is 316 g/mol. The van der Waals surface area contributed by atoms with E-state index >= 15 is 0 Å². The van der Waals surface area contributed by atoms with Crippen LogP contribution >= 0.6 is 0 Å². The van der Waals surface area contributed by atoms with Gasteiger partial charge in [-0.05, 0) is 57.1 Å². The van der Waals surface area contributed by atoms with Crippen LogP contribution in [0.4, 0.5) is 4.79 Å². The van der Waals surface area contributed by atoms with Crippen LogP contribution in [0.25, 0.3) is 0 Å². The lowest BCUT2D eigenvalue weighted by Gasteiger charge is -2.22. The molecule has 2 atom stereocenters. The number of hydrogen-bond acceptors (Lipinski definition) is 3. The van der Waals surface area contributed by atoms with Gasteiger partial charge in [-0.2, -0.15) is 0 Å². The SMILES string of the molecule is CC(C)(C)OC(=O)N[C@@H]1CC[C@H](CN2Cc3ccccc3C2)C1. The first kappa shape index (κ1) is 16.3. The lowest BCUT2D eigenvalue weighted by Crippen LogP contribution is -2.38. The number of rotatable bonds is 3. The summed E-state index contributed by atoms with van der Waals surface area (Å²) in [6.45, 7) is 8.95. The van der Waals surface area contributed by atoms with Gasteiger partial charge in [-0.1, -0.05) is 24.3 Å². The Kier molecular flexibility index (Phi) is 4.62. The van der Waals surface area contributed by atoms with Gasteiger partial charge in [0.1, 0.15) is 5.60 Å². The van der Waals surface area contributed by atoms with Crippen molar-refractivity contribution in [3.63, 3.8) is 0 Å². The fourth-order valence-electron chi connectivity index (χ4n) is 3.74. The predicted molar refractivity (Wildman–Crippen MR) is 91.1 cm³/mol. The van der Waals surface area contributed by atoms with Gasteiger partial charge in [0.15, 0.2) is 0 Å². The smallest absolute Gasteiger partial charge is 0.407 e. The Morgan fingerprint density at radius 3 is 2.48 bits per heavy atom. The highest BCUT2D eigenvalue weighted by Crippen LogP contribution is 2.30. The number of carbonyl (C=O) groups excluding carboxylic acids is 1. The fourth-order valence-corrected chi connectivity index (χ4v) is 3.74. The number of nitrogens with zero attached hydrogens (tertiary/aromatic N) is 1. The van der Waals surface area contributed by atoms with E-state index in [-0.39, 0.29) is 12.1 Å². The molecule has 0 aromatic heterocycles. The minimum absolute atomic E-state index is 0.264. The summed E-state index contributed by atoms with van der Waals surface area (Å²) < 4.78 is 5.35. The van der Waals surface area contributed by atoms with Crippen LogP contribution in [0.1, 0.15) is 51.2 Å². The number of benzene rings is 1. The molecule has 1 heterocycles. The Bertz CT molecular complexity index is 540. The molecular weight excluding hydrogens is 288 g/mol. The van der Waals surface area contributed by atoms with Crippen LogP contribution in [0.15, 0.2) is 24.3 Å². The summed E-state index contributed by atoms with van der Waals surface area (Å²) in [5, 5.41) is 3.03. The normalized spacial score (nSPS) is 24.5. The van der Waals surface area contributed by atoms with E-state index in [1.165, 1.54) is 17.5 Å². The molecule has 1 aliphatic carbocycles. The van der Waals surface area contributed by atoms with Crippen molar-refractivity contribution in [3.05, 3.63) is 35.4 Å². The molecule has 1 aliphatic heterocycles. The topological polar surface area (TPSA) is 41.6 Å². The number of hydrogen-bond donors (Lipinski definition) is 1. The molecule has 1 amide bonds. The lowest BCUT2D eigenvalue weighted by molar-refractivity contribution is 0.0504. The summed E-state index contributed by atoms with van der Waals surface area (Å²) in [7, 11) is 0. The average Bonchev–Trinajstić information content (AvgIpc) is 3.02. The maximum Gasteiger partial charge on any atom is 0.407 e. The molecule has 1 N–H and O–H groups in total. The first-order chi connectivity index (χ1) is 10.9. The van der Waals surface area contributed by atoms with E-state index in [1.54, 1.807) is 0 Å². The van der Waals surface area contributed by atoms with Crippen molar-refractivity contribution in [3.8, 4) is 0 Å². The van der Waals surface area contributed by atoms with Crippen molar-refractivity contribution >= 4 is 6.09 Å². The van der Waals surface area contributed by atoms with Gasteiger partial charge in [-0.3, -0.25) is 4.90 Å². The molecule has 126 valence electrons. The van der Waals surface area contributed by atoms with Crippen molar-refractivity contribution in [1.82, 2.24) is 10.2 Å². The molecule has 1 fully saturated rings. The second kappa shape index (κ2) is 6.52. The summed E-state index contributed by atoms with van der Waals surface area (Å²) in [6, 6.07) is 8.98. The second-order valence-electron chi connectivity index (χ2n) is 7.96. The lowest BCUT2D eigenvalue weighted by atomic mass is 10.1. The molecular formula is C19H28N2O2. The summed E-state index contributed by atoms with van der Waals surface area (Å²) in [4.78, 5) is 14.4. The molecule has 2 aliphatic rings. The first-order valence-corrected chi connectivity index (χ1v) is 8.68. The quantitative estimate of drug-likeness (QED) is 0.924. The van der Waals surface area contributed by atoms with E-state index in [0.717, 1.165) is 32.5 Å². The number of alkyl carbamates (subject to hydrolysis) is 1. The fraction of sp³-hybridized carbons (Fsp3) is 0.632. The molecule has 0 spiro atoms. The molecule has 0 saturated heterocycles. The van der Waals surface area contributed by atoms with Gasteiger partial charge in [0.25, 0.3) is 0 Å². The van der Waals surface area contributed by atoms with Crippen molar-refractivity contribution < 1.29 is 9.53 Å². The van der Waals surface area contributed by atoms with E-state index in [2.05, 4.69) is 34.5 Å². The molecule has 1 aromatic carbocycles. The minimum atomic E-state index is -0.427. The molecule has 0 bridgehead atoms. The van der Waals surface area contributed by atoms with Crippen molar-refractivity contribution in [2.45, 2.75) is 64.8 Å². The number of fused-ring (bicyclic) bond motifs is 1. The highest BCUT2D eigenvalue weighted by atomic mass is 16.6. The largest absolute Gasteiger partial charge is 0.444 e. The van der Waals surface area contributed by atoms with Crippen molar-refractivity contribution in [1.29, 1.82) is 0 Å². The number of carbonyl (C=O) groups is 1. The Morgan fingerprint density at radius 2 is 1.87 bits per heavy atom. The number of nitrogens with one attached hydrogen (secondary N) is 1. The van der Waals surface area contributed by atoms with E-state index in [4.69, 9.17) is 4.74 Å². The van der Waals surface area contributed by atoms with Gasteiger partial charge in [0.05, 0.1) is 0 Å². The van der Waals surface area contributed by atoms with Gasteiger partial charge in [-0.15, -0.1) is 0 Å². The maximum atomic E-state index is 11.9. The van der Waals surface area contributed by atoms with Gasteiger partial charge in [-0.25, -0.2) is 4.79 Å². The molecule has 4 nitrogen and oxygen atoms in total. The molecule has 23 heavy (non-hydrogen) atoms. The van der Waals surface area contributed by atoms with Gasteiger partial charge >= 0.3 is 6.09 Å². The Balaban J connectivity index is 1.43. The van der Waals surface area contributed by atoms with Crippen LogP contribution in [0, 0.1) is 5.92 Å². The van der Waals surface area contributed by atoms with Crippen LogP contribution in [0.2, 0.25) is 0 Å². The number of ether oxygens (including phenoxy) is 1. The van der Waals surface area contributed by atoms with E-state index in [9.17, 15) is 4.79 Å². The third-order valence-corrected chi connectivity index (χ3v) is 4.68. The summed E-state index contributed by atoms with van der Waals surface area (Å²) in [5.41, 5.74) is 2.51. The molecule has 3 rings (SSSR count). The first-order valence-electron chi connectivity index (χ1n) is 8.68. The zero-order valence-corrected chi connectivity index (χ0v) is 14.5. The van der Waals surface area contributed by atoms with Gasteiger partial charge in [0.2, 0.25) is 0 Å². The van der Waals surface area contributed by atoms with Gasteiger partial charge < -0.3 is 10.1 Å². The van der Waals surface area contributed by atoms with E-state index in [1.807, 2.05) is 20.8 Å². The van der Waals surface area contributed by atoms with Crippen molar-refractivity contribution in [2.24, 2.45) is 5.92 Å². The van der Waals surface area contributed by atoms with Crippen LogP contribution in [-0.2, 0) is 17.8 Å². The van der Waals surface area contributed by atoms with Crippen LogP contribution in [0.5, 0.6) is 0 Å². The van der Waals surface area contributed by atoms with E-state index < -0.39 is 5.60 Å². The van der Waals surface area contributed by atoms with Crippen LogP contribution in [-0.4, -0.2) is 29.2 Å². The highest BCUT2D eigenvalue weighted by Gasteiger charge is 2.30. The zero-order chi connectivity index (χ0) is 16.4. The van der Waals surface area contributed by atoms with Crippen LogP contribution < -0.4 is 5.32 Å². The predicted octanol–water partition coefficient (Wildman–Crippen LogP) is 3.70. The average molecular weight is 316 g/mol. The third-order valence-electron chi connectivity index (χ3n) is 4.68. The summed E-state index contributed by atoms with van der Waals surface area (Å²) >= 11 is 0. The Hall–Kier alpha value is -1.55. The minimum Gasteiger partial charge on any atom is -0.444 e. The molecule has 0 unspecified atom stereocenters. The number of amides is 1. The molecule has 0 radical (unpaired) electrons. The van der Waals surface area contributed by atoms with E-state index in [0.29, 0.717) is 5.92 Å². The molecule has 4 heteroatoms. The summed E-state index contributed by atoms with van der Waals surface area (Å²) in [5.74, 6) is 0.671. The Morgan fingerprint density at radius 1 is 1.22 bits per heavy atom. The molecule has 1 saturated carbocycles. The standard InChI is InChI=1S/C19H28N2O2/c1-19(2,3)23-18(22)20-17-9-8-14(10-17)11-21-12-15-6-4-5-7-16(15)13-21/h4-7,14,17H,8-13H2,1-3H3,(H,20,22)/t14-,17+/m0/s1.